The van der Waals surface area contributed by atoms with E-state index in [-0.39, 0.29) is 12.7 Å². The van der Waals surface area contributed by atoms with E-state index in [0.29, 0.717) is 33.5 Å². The van der Waals surface area contributed by atoms with Crippen molar-refractivity contribution in [3.8, 4) is 23.0 Å². The molecular formula is C23H20N4O4S2. The van der Waals surface area contributed by atoms with Gasteiger partial charge < -0.3 is 13.9 Å². The van der Waals surface area contributed by atoms with Crippen molar-refractivity contribution in [3.05, 3.63) is 58.6 Å². The van der Waals surface area contributed by atoms with Gasteiger partial charge in [-0.25, -0.2) is 4.98 Å². The molecule has 0 fully saturated rings. The molecule has 10 heteroatoms. The highest BCUT2D eigenvalue weighted by Crippen LogP contribution is 2.37. The number of amides is 1. The number of hydrogen-bond donors (Lipinski definition) is 0. The predicted molar refractivity (Wildman–Crippen MR) is 126 cm³/mol. The highest BCUT2D eigenvalue weighted by atomic mass is 32.2. The lowest BCUT2D eigenvalue weighted by Gasteiger charge is -2.21. The number of thiazole rings is 1. The highest BCUT2D eigenvalue weighted by molar-refractivity contribution is 7.98. The summed E-state index contributed by atoms with van der Waals surface area (Å²) >= 11 is 2.83. The third-order valence-corrected chi connectivity index (χ3v) is 6.96. The summed E-state index contributed by atoms with van der Waals surface area (Å²) in [4.78, 5) is 18.8. The molecule has 0 atom stereocenters. The van der Waals surface area contributed by atoms with Crippen LogP contribution in [0.2, 0.25) is 0 Å². The van der Waals surface area contributed by atoms with Gasteiger partial charge in [-0.05, 0) is 49.2 Å². The monoisotopic (exact) mass is 480 g/mol. The smallest absolute Gasteiger partial charge is 0.277 e. The van der Waals surface area contributed by atoms with E-state index in [9.17, 15) is 4.79 Å². The number of nitrogens with zero attached hydrogens (tertiary/aromatic N) is 4. The van der Waals surface area contributed by atoms with Crippen molar-refractivity contribution in [1.82, 2.24) is 15.2 Å². The molecule has 0 aliphatic carbocycles. The van der Waals surface area contributed by atoms with E-state index in [1.807, 2.05) is 55.6 Å². The fraction of sp³-hybridized carbons (Fsp3) is 0.217. The highest BCUT2D eigenvalue weighted by Gasteiger charge is 2.21. The van der Waals surface area contributed by atoms with Gasteiger partial charge >= 0.3 is 0 Å². The summed E-state index contributed by atoms with van der Waals surface area (Å²) in [7, 11) is 0. The molecule has 0 unspecified atom stereocenters. The summed E-state index contributed by atoms with van der Waals surface area (Å²) < 4.78 is 16.5. The van der Waals surface area contributed by atoms with E-state index in [0.717, 1.165) is 28.1 Å². The maximum atomic E-state index is 12.4. The lowest BCUT2D eigenvalue weighted by atomic mass is 10.1. The summed E-state index contributed by atoms with van der Waals surface area (Å²) in [5.74, 6) is 2.23. The molecule has 0 spiro atoms. The molecule has 0 bridgehead atoms. The van der Waals surface area contributed by atoms with Crippen LogP contribution in [0.5, 0.6) is 11.5 Å². The fourth-order valence-electron chi connectivity index (χ4n) is 3.40. The van der Waals surface area contributed by atoms with Crippen molar-refractivity contribution in [3.63, 3.8) is 0 Å². The predicted octanol–water partition coefficient (Wildman–Crippen LogP) is 5.52. The Balaban J connectivity index is 1.29. The molecule has 2 aromatic heterocycles. The second-order valence-corrected chi connectivity index (χ2v) is 9.19. The first kappa shape index (κ1) is 21.5. The molecule has 0 radical (unpaired) electrons. The van der Waals surface area contributed by atoms with Gasteiger partial charge in [-0.3, -0.25) is 9.69 Å². The molecule has 0 saturated carbocycles. The van der Waals surface area contributed by atoms with Crippen molar-refractivity contribution in [2.75, 3.05) is 11.7 Å². The van der Waals surface area contributed by atoms with Crippen LogP contribution in [0, 0.1) is 13.8 Å². The topological polar surface area (TPSA) is 90.6 Å². The summed E-state index contributed by atoms with van der Waals surface area (Å²) in [5, 5.41) is 11.3. The summed E-state index contributed by atoms with van der Waals surface area (Å²) in [6.07, 6.45) is 0. The molecule has 1 amide bonds. The van der Waals surface area contributed by atoms with Crippen molar-refractivity contribution in [1.29, 1.82) is 0 Å². The Morgan fingerprint density at radius 2 is 2.00 bits per heavy atom. The van der Waals surface area contributed by atoms with Crippen LogP contribution in [0.3, 0.4) is 0 Å². The SMILES string of the molecule is CC(=O)N(c1nc(CSc2nnc(-c3ccc4c(c3)OCO4)o2)cs1)c1cccc(C)c1C. The van der Waals surface area contributed by atoms with Gasteiger partial charge in [0.1, 0.15) is 0 Å². The molecule has 2 aromatic carbocycles. The molecule has 0 N–H and O–H groups in total. The van der Waals surface area contributed by atoms with E-state index in [4.69, 9.17) is 13.9 Å². The van der Waals surface area contributed by atoms with E-state index < -0.39 is 0 Å². The second-order valence-electron chi connectivity index (χ2n) is 7.42. The Hall–Kier alpha value is -3.37. The Bertz CT molecular complexity index is 1330. The van der Waals surface area contributed by atoms with Crippen LogP contribution in [0.4, 0.5) is 10.8 Å². The van der Waals surface area contributed by atoms with Gasteiger partial charge in [-0.2, -0.15) is 0 Å². The Labute approximate surface area is 198 Å². The molecule has 33 heavy (non-hydrogen) atoms. The third-order valence-electron chi connectivity index (χ3n) is 5.23. The first-order valence-corrected chi connectivity index (χ1v) is 12.0. The largest absolute Gasteiger partial charge is 0.454 e. The third kappa shape index (κ3) is 4.31. The van der Waals surface area contributed by atoms with Crippen LogP contribution in [0.25, 0.3) is 11.5 Å². The molecule has 5 rings (SSSR count). The van der Waals surface area contributed by atoms with Crippen LogP contribution in [-0.4, -0.2) is 27.9 Å². The molecule has 0 saturated heterocycles. The Kier molecular flexibility index (Phi) is 5.77. The first-order valence-electron chi connectivity index (χ1n) is 10.2. The molecule has 1 aliphatic rings. The van der Waals surface area contributed by atoms with Crippen LogP contribution < -0.4 is 14.4 Å². The number of aromatic nitrogens is 3. The minimum atomic E-state index is -0.0810. The zero-order chi connectivity index (χ0) is 22.9. The molecule has 168 valence electrons. The van der Waals surface area contributed by atoms with Gasteiger partial charge in [0, 0.05) is 23.6 Å². The van der Waals surface area contributed by atoms with Crippen molar-refractivity contribution >= 4 is 39.8 Å². The van der Waals surface area contributed by atoms with Gasteiger partial charge in [-0.15, -0.1) is 21.5 Å². The number of fused-ring (bicyclic) bond motifs is 1. The van der Waals surface area contributed by atoms with Crippen molar-refractivity contribution < 1.29 is 18.7 Å². The number of anilines is 2. The van der Waals surface area contributed by atoms with Gasteiger partial charge in [0.2, 0.25) is 18.6 Å². The normalized spacial score (nSPS) is 12.2. The number of ether oxygens (including phenoxy) is 2. The van der Waals surface area contributed by atoms with Crippen molar-refractivity contribution in [2.45, 2.75) is 31.7 Å². The van der Waals surface area contributed by atoms with E-state index in [1.54, 1.807) is 11.8 Å². The number of carbonyl (C=O) groups is 1. The van der Waals surface area contributed by atoms with Gasteiger partial charge in [0.25, 0.3) is 5.22 Å². The van der Waals surface area contributed by atoms with Crippen molar-refractivity contribution in [2.24, 2.45) is 0 Å². The lowest BCUT2D eigenvalue weighted by molar-refractivity contribution is -0.115. The Morgan fingerprint density at radius 1 is 1.15 bits per heavy atom. The van der Waals surface area contributed by atoms with E-state index in [2.05, 4.69) is 15.2 Å². The standard InChI is InChI=1S/C23H20N4O4S2/c1-13-5-4-6-18(14(13)2)27(15(3)28)22-24-17(10-32-22)11-33-23-26-25-21(31-23)16-7-8-19-20(9-16)30-12-29-19/h4-10H,11-12H2,1-3H3. The lowest BCUT2D eigenvalue weighted by Crippen LogP contribution is -2.23. The molecule has 8 nitrogen and oxygen atoms in total. The zero-order valence-electron chi connectivity index (χ0n) is 18.2. The number of rotatable bonds is 6. The van der Waals surface area contributed by atoms with Gasteiger partial charge in [0.15, 0.2) is 16.6 Å². The van der Waals surface area contributed by atoms with Crippen LogP contribution in [-0.2, 0) is 10.5 Å². The van der Waals surface area contributed by atoms with Gasteiger partial charge in [0.05, 0.1) is 11.4 Å². The molecule has 1 aliphatic heterocycles. The van der Waals surface area contributed by atoms with Gasteiger partial charge in [-0.1, -0.05) is 23.9 Å². The van der Waals surface area contributed by atoms with Crippen LogP contribution in [0.15, 0.2) is 51.4 Å². The van der Waals surface area contributed by atoms with Crippen LogP contribution >= 0.6 is 23.1 Å². The minimum Gasteiger partial charge on any atom is -0.454 e. The maximum absolute atomic E-state index is 12.4. The number of benzene rings is 2. The maximum Gasteiger partial charge on any atom is 0.277 e. The number of carbonyl (C=O) groups excluding carboxylic acids is 1. The molecular weight excluding hydrogens is 460 g/mol. The summed E-state index contributed by atoms with van der Waals surface area (Å²) in [5.41, 5.74) is 4.63. The zero-order valence-corrected chi connectivity index (χ0v) is 19.8. The van der Waals surface area contributed by atoms with E-state index in [1.165, 1.54) is 23.1 Å². The fourth-order valence-corrected chi connectivity index (χ4v) is 5.04. The number of aryl methyl sites for hydroxylation is 1. The average molecular weight is 481 g/mol. The summed E-state index contributed by atoms with van der Waals surface area (Å²) in [6, 6.07) is 11.4. The minimum absolute atomic E-state index is 0.0810. The first-order chi connectivity index (χ1) is 16.0. The quantitative estimate of drug-likeness (QED) is 0.334. The Morgan fingerprint density at radius 3 is 2.85 bits per heavy atom. The average Bonchev–Trinajstić information content (AvgIpc) is 3.55. The van der Waals surface area contributed by atoms with E-state index >= 15 is 0 Å². The van der Waals surface area contributed by atoms with Crippen LogP contribution in [0.1, 0.15) is 23.7 Å². The summed E-state index contributed by atoms with van der Waals surface area (Å²) in [6.45, 7) is 5.80. The molecule has 3 heterocycles. The second kappa shape index (κ2) is 8.87. The molecule has 4 aromatic rings. The number of thioether (sulfide) groups is 1. The number of hydrogen-bond acceptors (Lipinski definition) is 9.